The highest BCUT2D eigenvalue weighted by Gasteiger charge is 2.08. The molecule has 2 atom stereocenters. The molecule has 0 spiro atoms. The molecule has 0 saturated heterocycles. The maximum atomic E-state index is 11.7. The largest absolute Gasteiger partial charge is 0.380 e. The van der Waals surface area contributed by atoms with Crippen LogP contribution >= 0.6 is 22.7 Å². The minimum Gasteiger partial charge on any atom is -0.380 e. The monoisotopic (exact) mass is 568 g/mol. The zero-order valence-corrected chi connectivity index (χ0v) is 23.5. The van der Waals surface area contributed by atoms with Crippen molar-refractivity contribution in [1.82, 2.24) is 0 Å². The molecule has 0 saturated carbocycles. The Labute approximate surface area is 243 Å². The highest BCUT2D eigenvalue weighted by molar-refractivity contribution is 7.08. The van der Waals surface area contributed by atoms with Crippen LogP contribution in [0.1, 0.15) is 55.7 Å². The van der Waals surface area contributed by atoms with Crippen molar-refractivity contribution < 1.29 is 14.3 Å². The smallest absolute Gasteiger partial charge is 0.193 e. The van der Waals surface area contributed by atoms with Crippen molar-refractivity contribution in [1.29, 1.82) is 0 Å². The number of hydrogen-bond acceptors (Lipinski definition) is 7. The summed E-state index contributed by atoms with van der Waals surface area (Å²) < 4.78 is 10.0. The van der Waals surface area contributed by atoms with Gasteiger partial charge in [0.2, 0.25) is 0 Å². The molecule has 0 amide bonds. The molecule has 0 aliphatic carbocycles. The maximum absolute atomic E-state index is 11.7. The summed E-state index contributed by atoms with van der Waals surface area (Å²) >= 11 is 3.23. The molecule has 2 unspecified atom stereocenters. The van der Waals surface area contributed by atoms with E-state index in [1.165, 1.54) is 5.56 Å². The number of hydrogen-bond donors (Lipinski definition) is 1. The van der Waals surface area contributed by atoms with Gasteiger partial charge in [-0.2, -0.15) is 22.7 Å². The SMILES string of the molecule is C.C.COC(C)CN.COC(C)CN=C(c1ccccc1)c1ccsc1.O=C(c1ccccc1)c1ccsc1. The van der Waals surface area contributed by atoms with Crippen molar-refractivity contribution in [2.24, 2.45) is 10.7 Å². The van der Waals surface area contributed by atoms with Gasteiger partial charge in [0.1, 0.15) is 0 Å². The van der Waals surface area contributed by atoms with E-state index < -0.39 is 0 Å². The van der Waals surface area contributed by atoms with Gasteiger partial charge in [0.15, 0.2) is 5.78 Å². The first-order valence-corrected chi connectivity index (χ1v) is 13.9. The van der Waals surface area contributed by atoms with Crippen molar-refractivity contribution in [2.75, 3.05) is 27.3 Å². The topological polar surface area (TPSA) is 73.9 Å². The van der Waals surface area contributed by atoms with Crippen LogP contribution in [0.4, 0.5) is 0 Å². The zero-order valence-electron chi connectivity index (χ0n) is 21.9. The molecule has 4 rings (SSSR count). The number of carbonyl (C=O) groups is 1. The Morgan fingerprint density at radius 3 is 1.64 bits per heavy atom. The maximum Gasteiger partial charge on any atom is 0.193 e. The summed E-state index contributed by atoms with van der Waals surface area (Å²) in [6.07, 6.45) is 0.354. The molecule has 5 nitrogen and oxygen atoms in total. The van der Waals surface area contributed by atoms with Crippen LogP contribution in [-0.4, -0.2) is 51.0 Å². The number of aliphatic imine (C=N–C) groups is 1. The number of ketones is 1. The lowest BCUT2D eigenvalue weighted by molar-refractivity contribution is 0.103. The lowest BCUT2D eigenvalue weighted by atomic mass is 10.1. The molecule has 0 aliphatic rings. The number of ether oxygens (including phenoxy) is 2. The predicted molar refractivity (Wildman–Crippen MR) is 171 cm³/mol. The van der Waals surface area contributed by atoms with Crippen molar-refractivity contribution >= 4 is 34.2 Å². The number of nitrogens with two attached hydrogens (primary N) is 1. The molecular weight excluding hydrogens is 524 g/mol. The van der Waals surface area contributed by atoms with Crippen LogP contribution in [0.5, 0.6) is 0 Å². The third kappa shape index (κ3) is 13.1. The molecule has 212 valence electrons. The van der Waals surface area contributed by atoms with E-state index in [4.69, 9.17) is 20.2 Å². The highest BCUT2D eigenvalue weighted by atomic mass is 32.1. The van der Waals surface area contributed by atoms with Gasteiger partial charge in [-0.1, -0.05) is 75.5 Å². The van der Waals surface area contributed by atoms with E-state index in [2.05, 4.69) is 29.0 Å². The second kappa shape index (κ2) is 21.0. The van der Waals surface area contributed by atoms with Crippen LogP contribution < -0.4 is 5.73 Å². The molecule has 2 heterocycles. The molecule has 0 radical (unpaired) electrons. The number of benzene rings is 2. The Morgan fingerprint density at radius 2 is 1.23 bits per heavy atom. The van der Waals surface area contributed by atoms with Gasteiger partial charge in [-0.3, -0.25) is 9.79 Å². The lowest BCUT2D eigenvalue weighted by Gasteiger charge is -2.09. The Balaban J connectivity index is 0.000000606. The summed E-state index contributed by atoms with van der Waals surface area (Å²) in [6, 6.07) is 23.6. The lowest BCUT2D eigenvalue weighted by Crippen LogP contribution is -2.17. The Hall–Kier alpha value is -2.94. The van der Waals surface area contributed by atoms with E-state index in [1.54, 1.807) is 36.9 Å². The summed E-state index contributed by atoms with van der Waals surface area (Å²) in [6.45, 7) is 5.24. The summed E-state index contributed by atoms with van der Waals surface area (Å²) in [5.74, 6) is 0.0989. The Morgan fingerprint density at radius 1 is 0.744 bits per heavy atom. The van der Waals surface area contributed by atoms with Gasteiger partial charge in [0.25, 0.3) is 0 Å². The molecule has 2 aromatic carbocycles. The van der Waals surface area contributed by atoms with Crippen LogP contribution in [0.2, 0.25) is 0 Å². The predicted octanol–water partition coefficient (Wildman–Crippen LogP) is 7.85. The van der Waals surface area contributed by atoms with E-state index in [1.807, 2.05) is 79.2 Å². The molecule has 0 bridgehead atoms. The van der Waals surface area contributed by atoms with Gasteiger partial charge in [0.05, 0.1) is 24.5 Å². The van der Waals surface area contributed by atoms with E-state index in [0.717, 1.165) is 22.4 Å². The second-order valence-corrected chi connectivity index (χ2v) is 9.66. The molecule has 0 aliphatic heterocycles. The van der Waals surface area contributed by atoms with Crippen molar-refractivity contribution in [3.05, 3.63) is 117 Å². The second-order valence-electron chi connectivity index (χ2n) is 8.10. The third-order valence-electron chi connectivity index (χ3n) is 5.30. The molecule has 4 aromatic rings. The molecule has 7 heteroatoms. The average Bonchev–Trinajstić information content (AvgIpc) is 3.69. The Bertz CT molecular complexity index is 1140. The first-order valence-electron chi connectivity index (χ1n) is 12.0. The van der Waals surface area contributed by atoms with Gasteiger partial charge in [-0.15, -0.1) is 0 Å². The normalized spacial score (nSPS) is 11.8. The highest BCUT2D eigenvalue weighted by Crippen LogP contribution is 2.15. The minimum absolute atomic E-state index is 0. The number of methoxy groups -OCH3 is 2. The standard InChI is InChI=1S/C15H17NOS.C11H8OS.C4H11NO.2CH4/c1-12(17-2)10-16-15(14-8-9-18-11-14)13-6-4-3-5-7-13;12-11(10-6-7-13-8-10)9-4-2-1-3-5-9;1-4(3-5)6-2;;/h3-9,11-12H,10H2,1-2H3;1-8H;4H,3,5H2,1-2H3;2*1H4. The summed E-state index contributed by atoms with van der Waals surface area (Å²) in [4.78, 5) is 16.4. The fraction of sp³-hybridized carbons (Fsp3) is 0.312. The van der Waals surface area contributed by atoms with Crippen LogP contribution in [-0.2, 0) is 9.47 Å². The zero-order chi connectivity index (χ0) is 26.9. The third-order valence-corrected chi connectivity index (χ3v) is 6.67. The number of thiophene rings is 2. The van der Waals surface area contributed by atoms with E-state index in [9.17, 15) is 4.79 Å². The first-order chi connectivity index (χ1) is 18.0. The fourth-order valence-electron chi connectivity index (χ4n) is 2.88. The molecule has 0 fully saturated rings. The van der Waals surface area contributed by atoms with Crippen molar-refractivity contribution in [3.63, 3.8) is 0 Å². The van der Waals surface area contributed by atoms with E-state index in [-0.39, 0.29) is 32.8 Å². The summed E-state index contributed by atoms with van der Waals surface area (Å²) in [7, 11) is 3.37. The van der Waals surface area contributed by atoms with Gasteiger partial charge in [0, 0.05) is 53.8 Å². The summed E-state index contributed by atoms with van der Waals surface area (Å²) in [5, 5.41) is 7.99. The van der Waals surface area contributed by atoms with E-state index in [0.29, 0.717) is 13.1 Å². The van der Waals surface area contributed by atoms with Gasteiger partial charge in [-0.25, -0.2) is 0 Å². The van der Waals surface area contributed by atoms with E-state index >= 15 is 0 Å². The molecule has 39 heavy (non-hydrogen) atoms. The van der Waals surface area contributed by atoms with Crippen LogP contribution in [0.3, 0.4) is 0 Å². The van der Waals surface area contributed by atoms with Crippen molar-refractivity contribution in [3.8, 4) is 0 Å². The molecule has 2 aromatic heterocycles. The van der Waals surface area contributed by atoms with Crippen LogP contribution in [0, 0.1) is 0 Å². The number of rotatable bonds is 9. The van der Waals surface area contributed by atoms with Gasteiger partial charge < -0.3 is 15.2 Å². The van der Waals surface area contributed by atoms with Crippen molar-refractivity contribution in [2.45, 2.75) is 40.9 Å². The van der Waals surface area contributed by atoms with Gasteiger partial charge in [-0.05, 0) is 36.7 Å². The quantitative estimate of drug-likeness (QED) is 0.165. The molecule has 2 N–H and O–H groups in total. The Kier molecular flexibility index (Phi) is 19.4. The minimum atomic E-state index is 0. The fourth-order valence-corrected chi connectivity index (χ4v) is 4.16. The average molecular weight is 569 g/mol. The number of nitrogens with zero attached hydrogens (tertiary/aromatic N) is 1. The summed E-state index contributed by atoms with van der Waals surface area (Å²) in [5.41, 5.74) is 10.1. The van der Waals surface area contributed by atoms with Crippen LogP contribution in [0.15, 0.2) is 99.3 Å². The number of carbonyl (C=O) groups excluding carboxylic acids is 1. The van der Waals surface area contributed by atoms with Gasteiger partial charge >= 0.3 is 0 Å². The van der Waals surface area contributed by atoms with Crippen LogP contribution in [0.25, 0.3) is 0 Å². The first kappa shape index (κ1) is 36.1. The molecular formula is C32H44N2O3S2.